The second-order valence-electron chi connectivity index (χ2n) is 7.91. The predicted octanol–water partition coefficient (Wildman–Crippen LogP) is 2.45. The third kappa shape index (κ3) is 5.28. The molecule has 1 fully saturated rings. The van der Waals surface area contributed by atoms with E-state index in [1.807, 2.05) is 12.1 Å². The molecule has 10 heteroatoms. The number of carbonyl (C=O) groups is 2. The molecule has 178 valence electrons. The highest BCUT2D eigenvalue weighted by Gasteiger charge is 2.30. The maximum Gasteiger partial charge on any atom is 0.253 e. The summed E-state index contributed by atoms with van der Waals surface area (Å²) in [5.41, 5.74) is 0.865. The van der Waals surface area contributed by atoms with Crippen LogP contribution in [0.15, 0.2) is 47.4 Å². The zero-order chi connectivity index (χ0) is 24.2. The number of sulfonamides is 1. The number of hydrogen-bond donors (Lipinski definition) is 1. The van der Waals surface area contributed by atoms with Gasteiger partial charge in [0, 0.05) is 38.7 Å². The second-order valence-corrected chi connectivity index (χ2v) is 10.0. The van der Waals surface area contributed by atoms with Crippen LogP contribution in [0, 0.1) is 5.92 Å². The smallest absolute Gasteiger partial charge is 0.253 e. The lowest BCUT2D eigenvalue weighted by molar-refractivity contribution is -0.121. The van der Waals surface area contributed by atoms with Crippen LogP contribution in [0.3, 0.4) is 0 Å². The molecule has 1 N–H and O–H groups in total. The van der Waals surface area contributed by atoms with Gasteiger partial charge in [-0.05, 0) is 43.2 Å². The minimum Gasteiger partial charge on any atom is -0.495 e. The van der Waals surface area contributed by atoms with E-state index < -0.39 is 10.0 Å². The van der Waals surface area contributed by atoms with E-state index in [0.29, 0.717) is 37.4 Å². The van der Waals surface area contributed by atoms with Crippen molar-refractivity contribution in [1.82, 2.24) is 9.21 Å². The van der Waals surface area contributed by atoms with Crippen LogP contribution in [-0.2, 0) is 14.8 Å². The van der Waals surface area contributed by atoms with Crippen LogP contribution in [0.5, 0.6) is 11.5 Å². The van der Waals surface area contributed by atoms with Crippen molar-refractivity contribution in [3.05, 3.63) is 48.0 Å². The molecule has 0 saturated carbocycles. The number of nitrogens with one attached hydrogen (secondary N) is 1. The first-order valence-corrected chi connectivity index (χ1v) is 12.0. The van der Waals surface area contributed by atoms with E-state index in [-0.39, 0.29) is 33.9 Å². The van der Waals surface area contributed by atoms with E-state index in [0.717, 1.165) is 4.31 Å². The van der Waals surface area contributed by atoms with E-state index >= 15 is 0 Å². The molecule has 1 heterocycles. The molecule has 33 heavy (non-hydrogen) atoms. The number of rotatable bonds is 7. The number of piperidine rings is 1. The minimum atomic E-state index is -3.79. The molecule has 1 aliphatic rings. The Morgan fingerprint density at radius 2 is 1.64 bits per heavy atom. The number of carbonyl (C=O) groups excluding carboxylic acids is 2. The highest BCUT2D eigenvalue weighted by Crippen LogP contribution is 2.29. The lowest BCUT2D eigenvalue weighted by atomic mass is 9.95. The van der Waals surface area contributed by atoms with Gasteiger partial charge in [-0.2, -0.15) is 0 Å². The molecular weight excluding hydrogens is 446 g/mol. The minimum absolute atomic E-state index is 0.0630. The molecule has 2 aromatic rings. The molecule has 0 atom stereocenters. The van der Waals surface area contributed by atoms with Gasteiger partial charge in [-0.1, -0.05) is 12.1 Å². The van der Waals surface area contributed by atoms with Gasteiger partial charge in [0.15, 0.2) is 0 Å². The van der Waals surface area contributed by atoms with Crippen LogP contribution in [0.2, 0.25) is 0 Å². The lowest BCUT2D eigenvalue weighted by Crippen LogP contribution is -2.41. The first-order chi connectivity index (χ1) is 15.7. The Labute approximate surface area is 194 Å². The average Bonchev–Trinajstić information content (AvgIpc) is 2.83. The molecular formula is C23H29N3O6S. The molecule has 1 saturated heterocycles. The largest absolute Gasteiger partial charge is 0.495 e. The number of ether oxygens (including phenoxy) is 2. The number of likely N-dealkylation sites (tertiary alicyclic amines) is 1. The van der Waals surface area contributed by atoms with Crippen molar-refractivity contribution >= 4 is 27.5 Å². The number of para-hydroxylation sites is 2. The Bertz CT molecular complexity index is 1120. The van der Waals surface area contributed by atoms with Crippen molar-refractivity contribution in [1.29, 1.82) is 0 Å². The molecule has 0 aromatic heterocycles. The van der Waals surface area contributed by atoms with Gasteiger partial charge in [0.1, 0.15) is 16.4 Å². The number of amides is 2. The number of methoxy groups -OCH3 is 2. The van der Waals surface area contributed by atoms with Crippen LogP contribution >= 0.6 is 0 Å². The summed E-state index contributed by atoms with van der Waals surface area (Å²) in [6, 6.07) is 11.6. The summed E-state index contributed by atoms with van der Waals surface area (Å²) in [7, 11) is 1.98. The molecule has 2 aromatic carbocycles. The summed E-state index contributed by atoms with van der Waals surface area (Å²) < 4.78 is 36.8. The Balaban J connectivity index is 1.69. The van der Waals surface area contributed by atoms with E-state index in [1.165, 1.54) is 33.3 Å². The predicted molar refractivity (Wildman–Crippen MR) is 124 cm³/mol. The Hall–Kier alpha value is -3.11. The standard InChI is InChI=1S/C23H29N3O6S/c1-25(2)33(29,30)21-15-17(9-10-20(21)32-4)23(28)26-13-11-16(12-14-26)22(27)24-18-7-5-6-8-19(18)31-3/h5-10,15-16H,11-14H2,1-4H3,(H,24,27). The van der Waals surface area contributed by atoms with Crippen LogP contribution < -0.4 is 14.8 Å². The summed E-state index contributed by atoms with van der Waals surface area (Å²) in [6.45, 7) is 0.787. The zero-order valence-corrected chi connectivity index (χ0v) is 20.0. The average molecular weight is 476 g/mol. The molecule has 9 nitrogen and oxygen atoms in total. The Morgan fingerprint density at radius 1 is 1.00 bits per heavy atom. The first-order valence-electron chi connectivity index (χ1n) is 10.5. The van der Waals surface area contributed by atoms with Crippen LogP contribution in [0.1, 0.15) is 23.2 Å². The molecule has 0 radical (unpaired) electrons. The number of benzene rings is 2. The monoisotopic (exact) mass is 475 g/mol. The third-order valence-electron chi connectivity index (χ3n) is 5.69. The van der Waals surface area contributed by atoms with Gasteiger partial charge in [-0.15, -0.1) is 0 Å². The van der Waals surface area contributed by atoms with E-state index in [1.54, 1.807) is 30.2 Å². The summed E-state index contributed by atoms with van der Waals surface area (Å²) in [5.74, 6) is 0.125. The van der Waals surface area contributed by atoms with Gasteiger partial charge in [-0.25, -0.2) is 12.7 Å². The quantitative estimate of drug-likeness (QED) is 0.660. The van der Waals surface area contributed by atoms with Crippen LogP contribution in [0.4, 0.5) is 5.69 Å². The Morgan fingerprint density at radius 3 is 2.24 bits per heavy atom. The topological polar surface area (TPSA) is 105 Å². The fourth-order valence-corrected chi connectivity index (χ4v) is 4.79. The summed E-state index contributed by atoms with van der Waals surface area (Å²) in [6.07, 6.45) is 1.01. The number of hydrogen-bond acceptors (Lipinski definition) is 6. The first kappa shape index (κ1) is 24.5. The number of nitrogens with zero attached hydrogens (tertiary/aromatic N) is 2. The molecule has 0 unspecified atom stereocenters. The Kier molecular flexibility index (Phi) is 7.60. The molecule has 0 bridgehead atoms. The van der Waals surface area contributed by atoms with Crippen molar-refractivity contribution in [2.75, 3.05) is 46.7 Å². The summed E-state index contributed by atoms with van der Waals surface area (Å²) >= 11 is 0. The summed E-state index contributed by atoms with van der Waals surface area (Å²) in [4.78, 5) is 27.4. The van der Waals surface area contributed by atoms with Gasteiger partial charge < -0.3 is 19.7 Å². The molecule has 0 spiro atoms. The molecule has 2 amide bonds. The maximum absolute atomic E-state index is 13.1. The van der Waals surface area contributed by atoms with Crippen molar-refractivity contribution in [2.24, 2.45) is 5.92 Å². The van der Waals surface area contributed by atoms with Gasteiger partial charge in [-0.3, -0.25) is 9.59 Å². The van der Waals surface area contributed by atoms with Crippen molar-refractivity contribution in [3.8, 4) is 11.5 Å². The van der Waals surface area contributed by atoms with Gasteiger partial charge in [0.05, 0.1) is 19.9 Å². The SMILES string of the molecule is COc1ccccc1NC(=O)C1CCN(C(=O)c2ccc(OC)c(S(=O)(=O)N(C)C)c2)CC1. The molecule has 0 aliphatic carbocycles. The maximum atomic E-state index is 13.1. The zero-order valence-electron chi connectivity index (χ0n) is 19.2. The van der Waals surface area contributed by atoms with Crippen molar-refractivity contribution in [3.63, 3.8) is 0 Å². The second kappa shape index (κ2) is 10.2. The molecule has 3 rings (SSSR count). The normalized spacial score (nSPS) is 14.8. The lowest BCUT2D eigenvalue weighted by Gasteiger charge is -2.31. The van der Waals surface area contributed by atoms with Gasteiger partial charge >= 0.3 is 0 Å². The highest BCUT2D eigenvalue weighted by atomic mass is 32.2. The van der Waals surface area contributed by atoms with Crippen LogP contribution in [-0.4, -0.2) is 70.8 Å². The van der Waals surface area contributed by atoms with E-state index in [4.69, 9.17) is 9.47 Å². The summed E-state index contributed by atoms with van der Waals surface area (Å²) in [5, 5.41) is 2.90. The van der Waals surface area contributed by atoms with Gasteiger partial charge in [0.25, 0.3) is 5.91 Å². The van der Waals surface area contributed by atoms with Crippen molar-refractivity contribution < 1.29 is 27.5 Å². The van der Waals surface area contributed by atoms with E-state index in [9.17, 15) is 18.0 Å². The van der Waals surface area contributed by atoms with Crippen LogP contribution in [0.25, 0.3) is 0 Å². The van der Waals surface area contributed by atoms with Gasteiger partial charge in [0.2, 0.25) is 15.9 Å². The highest BCUT2D eigenvalue weighted by molar-refractivity contribution is 7.89. The fourth-order valence-electron chi connectivity index (χ4n) is 3.72. The number of anilines is 1. The fraction of sp³-hybridized carbons (Fsp3) is 0.391. The van der Waals surface area contributed by atoms with Crippen molar-refractivity contribution in [2.45, 2.75) is 17.7 Å². The third-order valence-corrected chi connectivity index (χ3v) is 7.52. The van der Waals surface area contributed by atoms with E-state index in [2.05, 4.69) is 5.32 Å². The molecule has 1 aliphatic heterocycles.